The van der Waals surface area contributed by atoms with Crippen molar-refractivity contribution in [3.63, 3.8) is 0 Å². The second-order valence-corrected chi connectivity index (χ2v) is 6.74. The fourth-order valence-corrected chi connectivity index (χ4v) is 2.88. The first-order valence-electron chi connectivity index (χ1n) is 9.12. The van der Waals surface area contributed by atoms with Gasteiger partial charge in [0.25, 0.3) is 11.5 Å². The number of nitrogens with one attached hydrogen (secondary N) is 1. The van der Waals surface area contributed by atoms with Crippen LogP contribution >= 0.6 is 11.6 Å². The summed E-state index contributed by atoms with van der Waals surface area (Å²) >= 11 is 5.98. The van der Waals surface area contributed by atoms with Crippen molar-refractivity contribution in [1.82, 2.24) is 9.55 Å². The number of hydrogen-bond acceptors (Lipinski definition) is 5. The maximum atomic E-state index is 12.7. The SMILES string of the molecule is CCCCn1c(N)c(N(CC)C(=O)COc2ccc(Cl)c(C)c2)c(=O)[nH]c1=O. The van der Waals surface area contributed by atoms with Crippen LogP contribution in [-0.2, 0) is 11.3 Å². The highest BCUT2D eigenvalue weighted by atomic mass is 35.5. The Morgan fingerprint density at radius 3 is 2.64 bits per heavy atom. The number of aromatic amines is 1. The lowest BCUT2D eigenvalue weighted by atomic mass is 10.2. The van der Waals surface area contributed by atoms with E-state index in [1.807, 2.05) is 13.8 Å². The second-order valence-electron chi connectivity index (χ2n) is 6.34. The fourth-order valence-electron chi connectivity index (χ4n) is 2.77. The molecular formula is C19H25ClN4O4. The summed E-state index contributed by atoms with van der Waals surface area (Å²) in [5.74, 6) is 0.00818. The predicted octanol–water partition coefficient (Wildman–Crippen LogP) is 2.31. The summed E-state index contributed by atoms with van der Waals surface area (Å²) in [7, 11) is 0. The van der Waals surface area contributed by atoms with Crippen molar-refractivity contribution in [2.24, 2.45) is 0 Å². The Morgan fingerprint density at radius 2 is 2.04 bits per heavy atom. The van der Waals surface area contributed by atoms with Gasteiger partial charge in [-0.05, 0) is 44.0 Å². The number of aryl methyl sites for hydroxylation is 1. The van der Waals surface area contributed by atoms with E-state index in [0.717, 1.165) is 12.0 Å². The summed E-state index contributed by atoms with van der Waals surface area (Å²) in [4.78, 5) is 40.6. The van der Waals surface area contributed by atoms with Crippen molar-refractivity contribution in [3.05, 3.63) is 49.6 Å². The zero-order valence-corrected chi connectivity index (χ0v) is 17.0. The van der Waals surface area contributed by atoms with Gasteiger partial charge in [-0.3, -0.25) is 19.1 Å². The summed E-state index contributed by atoms with van der Waals surface area (Å²) in [6.45, 7) is 5.78. The molecule has 0 atom stereocenters. The van der Waals surface area contributed by atoms with Crippen LogP contribution in [0.5, 0.6) is 5.75 Å². The molecule has 0 spiro atoms. The maximum Gasteiger partial charge on any atom is 0.330 e. The first kappa shape index (κ1) is 21.6. The Morgan fingerprint density at radius 1 is 1.32 bits per heavy atom. The topological polar surface area (TPSA) is 110 Å². The van der Waals surface area contributed by atoms with Gasteiger partial charge < -0.3 is 15.4 Å². The minimum Gasteiger partial charge on any atom is -0.484 e. The van der Waals surface area contributed by atoms with Gasteiger partial charge in [0.15, 0.2) is 12.3 Å². The monoisotopic (exact) mass is 408 g/mol. The van der Waals surface area contributed by atoms with E-state index in [4.69, 9.17) is 22.1 Å². The van der Waals surface area contributed by atoms with E-state index in [1.165, 1.54) is 9.47 Å². The van der Waals surface area contributed by atoms with Crippen molar-refractivity contribution >= 4 is 29.0 Å². The fraction of sp³-hybridized carbons (Fsp3) is 0.421. The average molecular weight is 409 g/mol. The van der Waals surface area contributed by atoms with Crippen molar-refractivity contribution in [2.45, 2.75) is 40.2 Å². The van der Waals surface area contributed by atoms with Crippen LogP contribution in [0.3, 0.4) is 0 Å². The van der Waals surface area contributed by atoms with E-state index in [0.29, 0.717) is 23.7 Å². The number of rotatable bonds is 8. The molecule has 0 aliphatic carbocycles. The van der Waals surface area contributed by atoms with Gasteiger partial charge in [-0.15, -0.1) is 0 Å². The number of anilines is 2. The molecule has 28 heavy (non-hydrogen) atoms. The van der Waals surface area contributed by atoms with Gasteiger partial charge in [0.1, 0.15) is 11.6 Å². The van der Waals surface area contributed by atoms with Crippen LogP contribution in [-0.4, -0.2) is 28.6 Å². The molecule has 0 aliphatic rings. The second kappa shape index (κ2) is 9.45. The Kier molecular flexibility index (Phi) is 7.28. The highest BCUT2D eigenvalue weighted by Gasteiger charge is 2.23. The molecule has 0 aliphatic heterocycles. The van der Waals surface area contributed by atoms with E-state index in [2.05, 4.69) is 4.98 Å². The molecule has 0 bridgehead atoms. The molecule has 1 aromatic carbocycles. The van der Waals surface area contributed by atoms with Crippen molar-refractivity contribution in [2.75, 3.05) is 23.8 Å². The number of unbranched alkanes of at least 4 members (excludes halogenated alkanes) is 1. The number of amides is 1. The lowest BCUT2D eigenvalue weighted by Crippen LogP contribution is -2.42. The quantitative estimate of drug-likeness (QED) is 0.696. The molecule has 2 rings (SSSR count). The summed E-state index contributed by atoms with van der Waals surface area (Å²) in [5, 5.41) is 0.600. The lowest BCUT2D eigenvalue weighted by molar-refractivity contribution is -0.120. The number of nitrogen functional groups attached to an aromatic ring is 1. The minimum absolute atomic E-state index is 0.0280. The molecule has 0 radical (unpaired) electrons. The van der Waals surface area contributed by atoms with Crippen LogP contribution in [0.15, 0.2) is 27.8 Å². The molecule has 1 amide bonds. The first-order chi connectivity index (χ1) is 13.3. The number of nitrogens with zero attached hydrogens (tertiary/aromatic N) is 2. The summed E-state index contributed by atoms with van der Waals surface area (Å²) < 4.78 is 6.81. The maximum absolute atomic E-state index is 12.7. The van der Waals surface area contributed by atoms with E-state index in [1.54, 1.807) is 25.1 Å². The third-order valence-electron chi connectivity index (χ3n) is 4.33. The Labute approximate surface area is 167 Å². The number of H-pyrrole nitrogens is 1. The van der Waals surface area contributed by atoms with Gasteiger partial charge in [0.05, 0.1) is 0 Å². The van der Waals surface area contributed by atoms with Crippen LogP contribution < -0.4 is 26.6 Å². The van der Waals surface area contributed by atoms with Gasteiger partial charge in [-0.25, -0.2) is 4.79 Å². The first-order valence-corrected chi connectivity index (χ1v) is 9.49. The van der Waals surface area contributed by atoms with Crippen molar-refractivity contribution < 1.29 is 9.53 Å². The minimum atomic E-state index is -0.701. The number of carbonyl (C=O) groups excluding carboxylic acids is 1. The van der Waals surface area contributed by atoms with E-state index in [-0.39, 0.29) is 24.7 Å². The number of halogens is 1. The van der Waals surface area contributed by atoms with Gasteiger partial charge in [0, 0.05) is 18.1 Å². The molecule has 0 saturated heterocycles. The number of carbonyl (C=O) groups is 1. The Balaban J connectivity index is 2.28. The largest absolute Gasteiger partial charge is 0.484 e. The number of aromatic nitrogens is 2. The van der Waals surface area contributed by atoms with Crippen LogP contribution in [0.25, 0.3) is 0 Å². The van der Waals surface area contributed by atoms with Crippen LogP contribution in [0.1, 0.15) is 32.3 Å². The molecule has 0 saturated carbocycles. The number of ether oxygens (including phenoxy) is 1. The smallest absolute Gasteiger partial charge is 0.330 e. The van der Waals surface area contributed by atoms with Crippen LogP contribution in [0.4, 0.5) is 11.5 Å². The van der Waals surface area contributed by atoms with Gasteiger partial charge in [-0.1, -0.05) is 24.9 Å². The third kappa shape index (κ3) is 4.75. The zero-order chi connectivity index (χ0) is 20.8. The molecule has 152 valence electrons. The molecule has 3 N–H and O–H groups in total. The van der Waals surface area contributed by atoms with Gasteiger partial charge in [0.2, 0.25) is 0 Å². The number of benzene rings is 1. The van der Waals surface area contributed by atoms with E-state index < -0.39 is 17.2 Å². The third-order valence-corrected chi connectivity index (χ3v) is 4.75. The molecule has 0 fully saturated rings. The number of nitrogens with two attached hydrogens (primary N) is 1. The zero-order valence-electron chi connectivity index (χ0n) is 16.3. The molecule has 0 unspecified atom stereocenters. The Bertz CT molecular complexity index is 967. The Hall–Kier alpha value is -2.74. The van der Waals surface area contributed by atoms with E-state index >= 15 is 0 Å². The van der Waals surface area contributed by atoms with E-state index in [9.17, 15) is 14.4 Å². The lowest BCUT2D eigenvalue weighted by Gasteiger charge is -2.23. The van der Waals surface area contributed by atoms with Crippen LogP contribution in [0, 0.1) is 6.92 Å². The summed E-state index contributed by atoms with van der Waals surface area (Å²) in [6.07, 6.45) is 1.57. The van der Waals surface area contributed by atoms with Gasteiger partial charge >= 0.3 is 5.69 Å². The molecule has 1 aromatic heterocycles. The molecule has 9 heteroatoms. The van der Waals surface area contributed by atoms with Crippen molar-refractivity contribution in [3.8, 4) is 5.75 Å². The highest BCUT2D eigenvalue weighted by Crippen LogP contribution is 2.22. The normalized spacial score (nSPS) is 10.7. The van der Waals surface area contributed by atoms with Crippen LogP contribution in [0.2, 0.25) is 5.02 Å². The standard InChI is InChI=1S/C19H25ClN4O4/c1-4-6-9-24-17(21)16(18(26)22-19(24)27)23(5-2)15(25)11-28-13-7-8-14(20)12(3)10-13/h7-8,10H,4-6,9,11,21H2,1-3H3,(H,22,26,27). The number of hydrogen-bond donors (Lipinski definition) is 2. The average Bonchev–Trinajstić information content (AvgIpc) is 2.65. The molecule has 8 nitrogen and oxygen atoms in total. The molecule has 1 heterocycles. The number of likely N-dealkylation sites (N-methyl/N-ethyl adjacent to an activating group) is 1. The summed E-state index contributed by atoms with van der Waals surface area (Å²) in [5.41, 5.74) is 5.57. The van der Waals surface area contributed by atoms with Crippen molar-refractivity contribution in [1.29, 1.82) is 0 Å². The predicted molar refractivity (Wildman–Crippen MR) is 110 cm³/mol. The summed E-state index contributed by atoms with van der Waals surface area (Å²) in [6, 6.07) is 5.06. The highest BCUT2D eigenvalue weighted by molar-refractivity contribution is 6.31. The molecule has 2 aromatic rings. The van der Waals surface area contributed by atoms with Gasteiger partial charge in [-0.2, -0.15) is 0 Å². The molecular weight excluding hydrogens is 384 g/mol.